The standard InChI is InChI=1S/C26H19F3N2O4/c1-30-21(32)12-20-22-17(16-4-2-3-5-19(16)35-20)10-11-18-23(22)24(33)25(34)31(18)13-14-6-8-15(9-7-14)26(27,28)29/h2-11,20H,12-13H2,1H3,(H,30,32). The van der Waals surface area contributed by atoms with E-state index in [1.807, 2.05) is 12.1 Å². The average molecular weight is 480 g/mol. The number of hydrogen-bond acceptors (Lipinski definition) is 4. The molecule has 0 saturated heterocycles. The second-order valence-electron chi connectivity index (χ2n) is 8.32. The molecule has 178 valence electrons. The summed E-state index contributed by atoms with van der Waals surface area (Å²) in [5, 5.41) is 2.55. The van der Waals surface area contributed by atoms with Crippen molar-refractivity contribution in [1.29, 1.82) is 0 Å². The molecule has 3 aromatic carbocycles. The lowest BCUT2D eigenvalue weighted by Gasteiger charge is -2.30. The number of halogens is 3. The number of ketones is 1. The molecule has 0 spiro atoms. The third-order valence-corrected chi connectivity index (χ3v) is 6.22. The molecule has 0 saturated carbocycles. The van der Waals surface area contributed by atoms with Gasteiger partial charge in [-0.3, -0.25) is 14.4 Å². The van der Waals surface area contributed by atoms with Gasteiger partial charge in [-0.2, -0.15) is 13.2 Å². The van der Waals surface area contributed by atoms with E-state index in [4.69, 9.17) is 4.74 Å². The van der Waals surface area contributed by atoms with E-state index < -0.39 is 29.5 Å². The molecule has 0 radical (unpaired) electrons. The van der Waals surface area contributed by atoms with Crippen LogP contribution < -0.4 is 15.0 Å². The molecule has 2 aliphatic rings. The predicted molar refractivity (Wildman–Crippen MR) is 121 cm³/mol. The maximum atomic E-state index is 13.2. The first kappa shape index (κ1) is 22.6. The Morgan fingerprint density at radius 1 is 1.00 bits per heavy atom. The molecule has 9 heteroatoms. The first-order valence-electron chi connectivity index (χ1n) is 10.8. The highest BCUT2D eigenvalue weighted by molar-refractivity contribution is 6.52. The van der Waals surface area contributed by atoms with Gasteiger partial charge >= 0.3 is 6.18 Å². The van der Waals surface area contributed by atoms with E-state index in [-0.39, 0.29) is 24.4 Å². The van der Waals surface area contributed by atoms with E-state index in [1.165, 1.54) is 24.1 Å². The van der Waals surface area contributed by atoms with Crippen LogP contribution in [-0.2, 0) is 22.3 Å². The normalized spacial score (nSPS) is 16.3. The van der Waals surface area contributed by atoms with Gasteiger partial charge < -0.3 is 15.0 Å². The minimum Gasteiger partial charge on any atom is -0.484 e. The Labute approximate surface area is 198 Å². The quantitative estimate of drug-likeness (QED) is 0.551. The van der Waals surface area contributed by atoms with Gasteiger partial charge in [0, 0.05) is 18.2 Å². The number of nitrogens with one attached hydrogen (secondary N) is 1. The van der Waals surface area contributed by atoms with E-state index in [0.717, 1.165) is 17.7 Å². The van der Waals surface area contributed by atoms with Crippen LogP contribution >= 0.6 is 0 Å². The number of alkyl halides is 3. The van der Waals surface area contributed by atoms with E-state index in [2.05, 4.69) is 5.32 Å². The van der Waals surface area contributed by atoms with Gasteiger partial charge in [0.15, 0.2) is 0 Å². The van der Waals surface area contributed by atoms with Crippen molar-refractivity contribution in [1.82, 2.24) is 5.32 Å². The number of hydrogen-bond donors (Lipinski definition) is 1. The summed E-state index contributed by atoms with van der Waals surface area (Å²) in [6, 6.07) is 15.1. The van der Waals surface area contributed by atoms with Crippen molar-refractivity contribution in [3.63, 3.8) is 0 Å². The Balaban J connectivity index is 1.58. The van der Waals surface area contributed by atoms with Crippen LogP contribution in [0.4, 0.5) is 18.9 Å². The number of fused-ring (bicyclic) bond motifs is 5. The van der Waals surface area contributed by atoms with Crippen molar-refractivity contribution >= 4 is 23.3 Å². The van der Waals surface area contributed by atoms with Gasteiger partial charge in [-0.05, 0) is 35.4 Å². The van der Waals surface area contributed by atoms with Crippen molar-refractivity contribution in [2.75, 3.05) is 11.9 Å². The first-order chi connectivity index (χ1) is 16.7. The SMILES string of the molecule is CNC(=O)CC1Oc2ccccc2-c2ccc3c(c21)C(=O)C(=O)N3Cc1ccc(C(F)(F)F)cc1. The van der Waals surface area contributed by atoms with Crippen molar-refractivity contribution in [3.05, 3.63) is 82.9 Å². The number of carbonyl (C=O) groups excluding carboxylic acids is 3. The lowest BCUT2D eigenvalue weighted by atomic mass is 9.86. The number of anilines is 1. The van der Waals surface area contributed by atoms with Gasteiger partial charge in [-0.15, -0.1) is 0 Å². The van der Waals surface area contributed by atoms with E-state index in [0.29, 0.717) is 28.1 Å². The molecule has 35 heavy (non-hydrogen) atoms. The summed E-state index contributed by atoms with van der Waals surface area (Å²) in [5.74, 6) is -1.26. The average Bonchev–Trinajstić information content (AvgIpc) is 3.08. The molecule has 3 aromatic rings. The number of rotatable bonds is 4. The lowest BCUT2D eigenvalue weighted by Crippen LogP contribution is -2.29. The Morgan fingerprint density at radius 2 is 1.71 bits per heavy atom. The largest absolute Gasteiger partial charge is 0.484 e. The Hall–Kier alpha value is -4.14. The number of nitrogens with zero attached hydrogens (tertiary/aromatic N) is 1. The third kappa shape index (κ3) is 3.82. The van der Waals surface area contributed by atoms with Crippen LogP contribution in [0.5, 0.6) is 5.75 Å². The van der Waals surface area contributed by atoms with Crippen LogP contribution in [0.2, 0.25) is 0 Å². The molecule has 0 aliphatic carbocycles. The third-order valence-electron chi connectivity index (χ3n) is 6.22. The molecule has 2 heterocycles. The highest BCUT2D eigenvalue weighted by atomic mass is 19.4. The summed E-state index contributed by atoms with van der Waals surface area (Å²) in [5.41, 5.74) is 2.02. The van der Waals surface area contributed by atoms with Crippen LogP contribution in [0.25, 0.3) is 11.1 Å². The van der Waals surface area contributed by atoms with Gasteiger partial charge in [0.05, 0.1) is 29.8 Å². The number of carbonyl (C=O) groups is 3. The summed E-state index contributed by atoms with van der Waals surface area (Å²) < 4.78 is 44.8. The molecule has 1 atom stereocenters. The molecule has 2 aliphatic heterocycles. The van der Waals surface area contributed by atoms with Crippen LogP contribution in [0.15, 0.2) is 60.7 Å². The molecule has 1 N–H and O–H groups in total. The summed E-state index contributed by atoms with van der Waals surface area (Å²) >= 11 is 0. The number of Topliss-reactive ketones (excluding diaryl/α,β-unsaturated/α-hetero) is 1. The maximum absolute atomic E-state index is 13.2. The highest BCUT2D eigenvalue weighted by Crippen LogP contribution is 2.48. The molecule has 2 amide bonds. The minimum atomic E-state index is -4.47. The van der Waals surface area contributed by atoms with E-state index in [9.17, 15) is 27.6 Å². The summed E-state index contributed by atoms with van der Waals surface area (Å²) in [6.07, 6.45) is -5.33. The second-order valence-corrected chi connectivity index (χ2v) is 8.32. The van der Waals surface area contributed by atoms with Gasteiger partial charge in [0.1, 0.15) is 11.9 Å². The zero-order chi connectivity index (χ0) is 24.9. The molecule has 6 nitrogen and oxygen atoms in total. The van der Waals surface area contributed by atoms with Gasteiger partial charge in [-0.1, -0.05) is 36.4 Å². The van der Waals surface area contributed by atoms with Crippen molar-refractivity contribution in [3.8, 4) is 16.9 Å². The first-order valence-corrected chi connectivity index (χ1v) is 10.8. The van der Waals surface area contributed by atoms with Crippen LogP contribution in [0.1, 0.15) is 39.6 Å². The lowest BCUT2D eigenvalue weighted by molar-refractivity contribution is -0.137. The fraction of sp³-hybridized carbons (Fsp3) is 0.192. The Morgan fingerprint density at radius 3 is 2.40 bits per heavy atom. The fourth-order valence-corrected chi connectivity index (χ4v) is 4.54. The molecule has 5 rings (SSSR count). The van der Waals surface area contributed by atoms with Crippen molar-refractivity contribution in [2.45, 2.75) is 25.2 Å². The van der Waals surface area contributed by atoms with Crippen LogP contribution in [-0.4, -0.2) is 24.6 Å². The summed E-state index contributed by atoms with van der Waals surface area (Å²) in [7, 11) is 1.50. The van der Waals surface area contributed by atoms with Gasteiger partial charge in [0.25, 0.3) is 11.7 Å². The Kier molecular flexibility index (Phi) is 5.35. The molecule has 1 unspecified atom stereocenters. The Bertz CT molecular complexity index is 1370. The summed E-state index contributed by atoms with van der Waals surface area (Å²) in [6.45, 7) is -0.0773. The predicted octanol–water partition coefficient (Wildman–Crippen LogP) is 4.67. The topological polar surface area (TPSA) is 75.7 Å². The molecule has 0 bridgehead atoms. The highest BCUT2D eigenvalue weighted by Gasteiger charge is 2.42. The fourth-order valence-electron chi connectivity index (χ4n) is 4.54. The van der Waals surface area contributed by atoms with Crippen molar-refractivity contribution in [2.24, 2.45) is 0 Å². The number of benzene rings is 3. The molecular formula is C26H19F3N2O4. The van der Waals surface area contributed by atoms with E-state index in [1.54, 1.807) is 24.3 Å². The van der Waals surface area contributed by atoms with E-state index >= 15 is 0 Å². The minimum absolute atomic E-state index is 0.0609. The monoisotopic (exact) mass is 480 g/mol. The van der Waals surface area contributed by atoms with Crippen LogP contribution in [0.3, 0.4) is 0 Å². The zero-order valence-electron chi connectivity index (χ0n) is 18.5. The number of ether oxygens (including phenoxy) is 1. The van der Waals surface area contributed by atoms with Crippen molar-refractivity contribution < 1.29 is 32.3 Å². The van der Waals surface area contributed by atoms with Gasteiger partial charge in [0.2, 0.25) is 5.91 Å². The molecule has 0 fully saturated rings. The zero-order valence-corrected chi connectivity index (χ0v) is 18.5. The number of para-hydroxylation sites is 1. The molecular weight excluding hydrogens is 461 g/mol. The van der Waals surface area contributed by atoms with Gasteiger partial charge in [-0.25, -0.2) is 0 Å². The second kappa shape index (κ2) is 8.26. The number of amides is 2. The smallest absolute Gasteiger partial charge is 0.416 e. The van der Waals surface area contributed by atoms with Crippen LogP contribution in [0, 0.1) is 0 Å². The summed E-state index contributed by atoms with van der Waals surface area (Å²) in [4.78, 5) is 39.6. The maximum Gasteiger partial charge on any atom is 0.416 e. The molecule has 0 aromatic heterocycles.